The lowest BCUT2D eigenvalue weighted by atomic mass is 9.83. The Bertz CT molecular complexity index is 844. The first-order valence-electron chi connectivity index (χ1n) is 9.19. The first-order valence-corrected chi connectivity index (χ1v) is 10.1. The lowest BCUT2D eigenvalue weighted by Gasteiger charge is -2.26. The van der Waals surface area contributed by atoms with Gasteiger partial charge in [-0.2, -0.15) is 4.39 Å². The Balaban J connectivity index is 1.67. The van der Waals surface area contributed by atoms with Gasteiger partial charge in [-0.15, -0.1) is 0 Å². The highest BCUT2D eigenvalue weighted by Gasteiger charge is 2.23. The topological polar surface area (TPSA) is 17.8 Å². The number of halogens is 2. The van der Waals surface area contributed by atoms with Crippen molar-refractivity contribution in [1.82, 2.24) is 9.55 Å². The van der Waals surface area contributed by atoms with Gasteiger partial charge in [-0.25, -0.2) is 4.98 Å². The molecule has 1 aliphatic rings. The van der Waals surface area contributed by atoms with Crippen LogP contribution in [0, 0.1) is 6.08 Å². The van der Waals surface area contributed by atoms with Crippen LogP contribution in [0.25, 0.3) is 0 Å². The third-order valence-corrected chi connectivity index (χ3v) is 6.18. The van der Waals surface area contributed by atoms with E-state index in [1.807, 2.05) is 30.3 Å². The molecule has 0 bridgehead atoms. The minimum atomic E-state index is -0.461. The fraction of sp³-hybridized carbons (Fsp3) is 0.318. The number of nitrogens with zero attached hydrogens (tertiary/aromatic N) is 2. The zero-order valence-corrected chi connectivity index (χ0v) is 16.1. The van der Waals surface area contributed by atoms with Gasteiger partial charge in [0.15, 0.2) is 0 Å². The van der Waals surface area contributed by atoms with Crippen LogP contribution < -0.4 is 0 Å². The van der Waals surface area contributed by atoms with Crippen LogP contribution >= 0.6 is 15.9 Å². The van der Waals surface area contributed by atoms with Gasteiger partial charge in [-0.1, -0.05) is 76.9 Å². The normalized spacial score (nSPS) is 21.5. The smallest absolute Gasteiger partial charge is 0.289 e. The summed E-state index contributed by atoms with van der Waals surface area (Å²) in [7, 11) is 0. The van der Waals surface area contributed by atoms with Gasteiger partial charge in [0, 0.05) is 17.2 Å². The first kappa shape index (κ1) is 17.5. The highest BCUT2D eigenvalue weighted by molar-refractivity contribution is 9.09. The third-order valence-electron chi connectivity index (χ3n) is 5.35. The SMILES string of the molecule is Fc1nccn1C(c1ccccc1)c1ccc(C2CCCC(Br)C2)cc1. The van der Waals surface area contributed by atoms with Crippen LogP contribution in [0.3, 0.4) is 0 Å². The fourth-order valence-corrected chi connectivity index (χ4v) is 4.79. The van der Waals surface area contributed by atoms with Crippen LogP contribution in [0.5, 0.6) is 0 Å². The Morgan fingerprint density at radius 3 is 2.38 bits per heavy atom. The molecule has 0 amide bonds. The average molecular weight is 413 g/mol. The van der Waals surface area contributed by atoms with Crippen LogP contribution in [0.4, 0.5) is 4.39 Å². The summed E-state index contributed by atoms with van der Waals surface area (Å²) in [5.41, 5.74) is 3.51. The van der Waals surface area contributed by atoms with Gasteiger partial charge in [0.1, 0.15) is 0 Å². The summed E-state index contributed by atoms with van der Waals surface area (Å²) < 4.78 is 15.8. The molecule has 1 aromatic heterocycles. The number of hydrogen-bond donors (Lipinski definition) is 0. The zero-order chi connectivity index (χ0) is 17.9. The molecule has 2 aromatic carbocycles. The van der Waals surface area contributed by atoms with Crippen molar-refractivity contribution >= 4 is 15.9 Å². The lowest BCUT2D eigenvalue weighted by Crippen LogP contribution is -2.15. The molecule has 3 aromatic rings. The largest absolute Gasteiger partial charge is 0.296 e. The van der Waals surface area contributed by atoms with E-state index in [0.717, 1.165) is 11.1 Å². The standard InChI is InChI=1S/C22H22BrFN2/c23-20-8-4-7-19(15-20)16-9-11-18(12-10-16)21(17-5-2-1-3-6-17)26-14-13-25-22(26)24/h1-3,5-6,9-14,19-21H,4,7-8,15H2. The van der Waals surface area contributed by atoms with Crippen LogP contribution in [0.2, 0.25) is 0 Å². The highest BCUT2D eigenvalue weighted by Crippen LogP contribution is 2.37. The first-order chi connectivity index (χ1) is 12.7. The summed E-state index contributed by atoms with van der Waals surface area (Å²) in [6.07, 6.45) is 7.74. The minimum absolute atomic E-state index is 0.206. The number of rotatable bonds is 4. The zero-order valence-electron chi connectivity index (χ0n) is 14.6. The summed E-state index contributed by atoms with van der Waals surface area (Å²) in [6.45, 7) is 0. The summed E-state index contributed by atoms with van der Waals surface area (Å²) >= 11 is 3.78. The van der Waals surface area contributed by atoms with E-state index >= 15 is 0 Å². The second-order valence-electron chi connectivity index (χ2n) is 7.04. The molecule has 0 aliphatic heterocycles. The molecule has 0 N–H and O–H groups in total. The molecule has 26 heavy (non-hydrogen) atoms. The predicted octanol–water partition coefficient (Wildman–Crippen LogP) is 6.08. The molecule has 4 heteroatoms. The van der Waals surface area contributed by atoms with Crippen molar-refractivity contribution in [3.63, 3.8) is 0 Å². The van der Waals surface area contributed by atoms with Crippen molar-refractivity contribution in [2.45, 2.75) is 42.5 Å². The van der Waals surface area contributed by atoms with E-state index in [2.05, 4.69) is 45.2 Å². The molecule has 1 fully saturated rings. The maximum Gasteiger partial charge on any atom is 0.289 e. The van der Waals surface area contributed by atoms with Crippen molar-refractivity contribution in [2.24, 2.45) is 0 Å². The number of aromatic nitrogens is 2. The van der Waals surface area contributed by atoms with Gasteiger partial charge in [0.05, 0.1) is 6.04 Å². The quantitative estimate of drug-likeness (QED) is 0.474. The highest BCUT2D eigenvalue weighted by atomic mass is 79.9. The Labute approximate surface area is 162 Å². The van der Waals surface area contributed by atoms with Gasteiger partial charge < -0.3 is 0 Å². The van der Waals surface area contributed by atoms with Crippen molar-refractivity contribution in [3.8, 4) is 0 Å². The molecular formula is C22H22BrFN2. The van der Waals surface area contributed by atoms with Crippen molar-refractivity contribution in [3.05, 3.63) is 89.8 Å². The number of alkyl halides is 1. The lowest BCUT2D eigenvalue weighted by molar-refractivity contribution is 0.455. The van der Waals surface area contributed by atoms with E-state index in [1.165, 1.54) is 37.4 Å². The molecule has 4 rings (SSSR count). The summed E-state index contributed by atoms with van der Waals surface area (Å²) in [6, 6.07) is 18.5. The van der Waals surface area contributed by atoms with E-state index in [9.17, 15) is 4.39 Å². The maximum absolute atomic E-state index is 14.2. The van der Waals surface area contributed by atoms with Gasteiger partial charge in [-0.05, 0) is 41.9 Å². The number of imidazole rings is 1. The Morgan fingerprint density at radius 1 is 1.00 bits per heavy atom. The van der Waals surface area contributed by atoms with E-state index < -0.39 is 6.08 Å². The van der Waals surface area contributed by atoms with Crippen molar-refractivity contribution in [1.29, 1.82) is 0 Å². The summed E-state index contributed by atoms with van der Waals surface area (Å²) in [5, 5.41) is 0. The van der Waals surface area contributed by atoms with Crippen molar-refractivity contribution in [2.75, 3.05) is 0 Å². The van der Waals surface area contributed by atoms with Crippen LogP contribution in [-0.4, -0.2) is 14.4 Å². The maximum atomic E-state index is 14.2. The van der Waals surface area contributed by atoms with Crippen LogP contribution in [0.1, 0.15) is 54.3 Å². The molecule has 1 aliphatic carbocycles. The number of hydrogen-bond acceptors (Lipinski definition) is 1. The molecule has 1 saturated carbocycles. The second kappa shape index (κ2) is 7.75. The number of benzene rings is 2. The van der Waals surface area contributed by atoms with E-state index in [4.69, 9.17) is 0 Å². The van der Waals surface area contributed by atoms with Gasteiger partial charge in [0.2, 0.25) is 0 Å². The van der Waals surface area contributed by atoms with E-state index in [1.54, 1.807) is 10.8 Å². The predicted molar refractivity (Wildman–Crippen MR) is 106 cm³/mol. The average Bonchev–Trinajstić information content (AvgIpc) is 3.09. The Kier molecular flexibility index (Phi) is 5.21. The Hall–Kier alpha value is -1.94. The van der Waals surface area contributed by atoms with E-state index in [0.29, 0.717) is 10.7 Å². The van der Waals surface area contributed by atoms with Gasteiger partial charge >= 0.3 is 0 Å². The van der Waals surface area contributed by atoms with E-state index in [-0.39, 0.29) is 6.04 Å². The molecule has 3 unspecified atom stereocenters. The Morgan fingerprint density at radius 2 is 1.73 bits per heavy atom. The fourth-order valence-electron chi connectivity index (χ4n) is 4.02. The molecule has 1 heterocycles. The van der Waals surface area contributed by atoms with Crippen LogP contribution in [-0.2, 0) is 0 Å². The van der Waals surface area contributed by atoms with Gasteiger partial charge in [-0.3, -0.25) is 4.57 Å². The molecule has 2 nitrogen and oxygen atoms in total. The van der Waals surface area contributed by atoms with Gasteiger partial charge in [0.25, 0.3) is 6.08 Å². The molecule has 0 radical (unpaired) electrons. The molecule has 0 saturated heterocycles. The summed E-state index contributed by atoms with van der Waals surface area (Å²) in [5.74, 6) is 0.613. The van der Waals surface area contributed by atoms with Crippen LogP contribution in [0.15, 0.2) is 67.0 Å². The molecule has 134 valence electrons. The summed E-state index contributed by atoms with van der Waals surface area (Å²) in [4.78, 5) is 4.40. The minimum Gasteiger partial charge on any atom is -0.296 e. The second-order valence-corrected chi connectivity index (χ2v) is 8.34. The molecule has 3 atom stereocenters. The third kappa shape index (κ3) is 3.61. The van der Waals surface area contributed by atoms with Crippen molar-refractivity contribution < 1.29 is 4.39 Å². The molecular weight excluding hydrogens is 391 g/mol. The molecule has 0 spiro atoms. The monoisotopic (exact) mass is 412 g/mol.